The lowest BCUT2D eigenvalue weighted by Gasteiger charge is -2.50. The molecule has 2 nitrogen and oxygen atoms in total. The van der Waals surface area contributed by atoms with Crippen LogP contribution in [-0.4, -0.2) is 29.6 Å². The Morgan fingerprint density at radius 3 is 2.24 bits per heavy atom. The molecule has 0 radical (unpaired) electrons. The van der Waals surface area contributed by atoms with Crippen molar-refractivity contribution < 1.29 is 0 Å². The van der Waals surface area contributed by atoms with Crippen LogP contribution in [0.1, 0.15) is 65.0 Å². The van der Waals surface area contributed by atoms with Crippen LogP contribution in [0.3, 0.4) is 0 Å². The summed E-state index contributed by atoms with van der Waals surface area (Å²) < 4.78 is 0. The van der Waals surface area contributed by atoms with Crippen LogP contribution in [0.4, 0.5) is 0 Å². The number of benzene rings is 1. The SMILES string of the molecule is CCC(CC)N1CC(CC)(CC)NCC1c1ccccc1. The van der Waals surface area contributed by atoms with Crippen molar-refractivity contribution in [2.24, 2.45) is 0 Å². The molecule has 0 aromatic heterocycles. The van der Waals surface area contributed by atoms with E-state index in [2.05, 4.69) is 68.2 Å². The first-order valence-corrected chi connectivity index (χ1v) is 8.75. The van der Waals surface area contributed by atoms with Gasteiger partial charge in [0.2, 0.25) is 0 Å². The van der Waals surface area contributed by atoms with E-state index in [1.807, 2.05) is 0 Å². The Bertz CT molecular complexity index is 407. The topological polar surface area (TPSA) is 15.3 Å². The smallest absolute Gasteiger partial charge is 0.0476 e. The van der Waals surface area contributed by atoms with Gasteiger partial charge in [-0.25, -0.2) is 0 Å². The van der Waals surface area contributed by atoms with Gasteiger partial charge in [0.1, 0.15) is 0 Å². The molecule has 1 aromatic rings. The van der Waals surface area contributed by atoms with Crippen LogP contribution in [0, 0.1) is 0 Å². The maximum absolute atomic E-state index is 3.87. The van der Waals surface area contributed by atoms with Gasteiger partial charge in [-0.15, -0.1) is 0 Å². The molecule has 1 heterocycles. The van der Waals surface area contributed by atoms with Gasteiger partial charge < -0.3 is 5.32 Å². The summed E-state index contributed by atoms with van der Waals surface area (Å²) in [5.41, 5.74) is 1.76. The Morgan fingerprint density at radius 1 is 1.10 bits per heavy atom. The number of rotatable bonds is 6. The first kappa shape index (κ1) is 16.5. The fraction of sp³-hybridized carbons (Fsp3) is 0.684. The summed E-state index contributed by atoms with van der Waals surface area (Å²) in [5, 5.41) is 3.87. The Kier molecular flexibility index (Phi) is 5.83. The molecule has 1 N–H and O–H groups in total. The molecule has 118 valence electrons. The van der Waals surface area contributed by atoms with Gasteiger partial charge in [0.15, 0.2) is 0 Å². The fourth-order valence-electron chi connectivity index (χ4n) is 3.80. The highest BCUT2D eigenvalue weighted by Gasteiger charge is 2.39. The summed E-state index contributed by atoms with van der Waals surface area (Å²) >= 11 is 0. The Hall–Kier alpha value is -0.860. The summed E-state index contributed by atoms with van der Waals surface area (Å²) in [7, 11) is 0. The third kappa shape index (κ3) is 3.49. The number of nitrogens with zero attached hydrogens (tertiary/aromatic N) is 1. The van der Waals surface area contributed by atoms with Gasteiger partial charge in [-0.3, -0.25) is 4.90 Å². The van der Waals surface area contributed by atoms with Gasteiger partial charge >= 0.3 is 0 Å². The zero-order valence-electron chi connectivity index (χ0n) is 14.2. The second-order valence-electron chi connectivity index (χ2n) is 6.44. The molecule has 0 saturated carbocycles. The predicted molar refractivity (Wildman–Crippen MR) is 91.6 cm³/mol. The van der Waals surface area contributed by atoms with Crippen molar-refractivity contribution in [1.82, 2.24) is 10.2 Å². The number of hydrogen-bond donors (Lipinski definition) is 1. The predicted octanol–water partition coefficient (Wildman–Crippen LogP) is 4.38. The lowest BCUT2D eigenvalue weighted by atomic mass is 9.85. The Balaban J connectivity index is 2.28. The minimum Gasteiger partial charge on any atom is -0.308 e. The van der Waals surface area contributed by atoms with Crippen LogP contribution in [0.15, 0.2) is 30.3 Å². The molecule has 1 aromatic carbocycles. The summed E-state index contributed by atoms with van der Waals surface area (Å²) in [5.74, 6) is 0. The third-order valence-corrected chi connectivity index (χ3v) is 5.51. The average molecular weight is 288 g/mol. The fourth-order valence-corrected chi connectivity index (χ4v) is 3.80. The normalized spacial score (nSPS) is 22.6. The van der Waals surface area contributed by atoms with Gasteiger partial charge in [0, 0.05) is 30.7 Å². The van der Waals surface area contributed by atoms with Crippen molar-refractivity contribution in [2.75, 3.05) is 13.1 Å². The molecule has 1 unspecified atom stereocenters. The van der Waals surface area contributed by atoms with Crippen molar-refractivity contribution in [3.8, 4) is 0 Å². The Morgan fingerprint density at radius 2 is 1.71 bits per heavy atom. The molecular formula is C19H32N2. The standard InChI is InChI=1S/C19H32N2/c1-5-17(6-2)21-15-19(7-3,8-4)20-14-18(21)16-12-10-9-11-13-16/h9-13,17-18,20H,5-8,14-15H2,1-4H3. The Labute approximate surface area is 130 Å². The van der Waals surface area contributed by atoms with Crippen LogP contribution in [-0.2, 0) is 0 Å². The quantitative estimate of drug-likeness (QED) is 0.835. The summed E-state index contributed by atoms with van der Waals surface area (Å²) in [6.07, 6.45) is 4.90. The zero-order valence-corrected chi connectivity index (χ0v) is 14.2. The van der Waals surface area contributed by atoms with E-state index in [0.29, 0.717) is 17.6 Å². The molecule has 0 aliphatic carbocycles. The number of piperazine rings is 1. The van der Waals surface area contributed by atoms with Crippen LogP contribution >= 0.6 is 0 Å². The van der Waals surface area contributed by atoms with Crippen molar-refractivity contribution in [2.45, 2.75) is 71.0 Å². The number of nitrogens with one attached hydrogen (secondary N) is 1. The highest BCUT2D eigenvalue weighted by molar-refractivity contribution is 5.21. The molecule has 21 heavy (non-hydrogen) atoms. The molecule has 2 rings (SSSR count). The molecule has 1 saturated heterocycles. The van der Waals surface area contributed by atoms with Crippen LogP contribution in [0.25, 0.3) is 0 Å². The van der Waals surface area contributed by atoms with Crippen LogP contribution < -0.4 is 5.32 Å². The summed E-state index contributed by atoms with van der Waals surface area (Å²) in [6.45, 7) is 11.6. The highest BCUT2D eigenvalue weighted by Crippen LogP contribution is 2.33. The van der Waals surface area contributed by atoms with E-state index in [1.54, 1.807) is 0 Å². The first-order valence-electron chi connectivity index (χ1n) is 8.75. The molecule has 1 aliphatic rings. The van der Waals surface area contributed by atoms with Gasteiger partial charge in [0.25, 0.3) is 0 Å². The lowest BCUT2D eigenvalue weighted by molar-refractivity contribution is 0.0325. The van der Waals surface area contributed by atoms with Gasteiger partial charge in [-0.2, -0.15) is 0 Å². The second kappa shape index (κ2) is 7.42. The highest BCUT2D eigenvalue weighted by atomic mass is 15.3. The summed E-state index contributed by atoms with van der Waals surface area (Å²) in [6, 6.07) is 12.2. The monoisotopic (exact) mass is 288 g/mol. The minimum atomic E-state index is 0.299. The van der Waals surface area contributed by atoms with E-state index in [-0.39, 0.29) is 0 Å². The molecule has 1 atom stereocenters. The van der Waals surface area contributed by atoms with E-state index in [0.717, 1.165) is 6.54 Å². The van der Waals surface area contributed by atoms with Gasteiger partial charge in [0.05, 0.1) is 0 Å². The molecule has 0 amide bonds. The maximum atomic E-state index is 3.87. The molecule has 1 aliphatic heterocycles. The van der Waals surface area contributed by atoms with Gasteiger partial charge in [-0.05, 0) is 31.2 Å². The largest absolute Gasteiger partial charge is 0.308 e. The molecular weight excluding hydrogens is 256 g/mol. The maximum Gasteiger partial charge on any atom is 0.0476 e. The first-order chi connectivity index (χ1) is 10.2. The third-order valence-electron chi connectivity index (χ3n) is 5.51. The van der Waals surface area contributed by atoms with Crippen molar-refractivity contribution in [1.29, 1.82) is 0 Å². The van der Waals surface area contributed by atoms with E-state index >= 15 is 0 Å². The summed E-state index contributed by atoms with van der Waals surface area (Å²) in [4.78, 5) is 2.78. The number of hydrogen-bond acceptors (Lipinski definition) is 2. The van der Waals surface area contributed by atoms with Crippen molar-refractivity contribution >= 4 is 0 Å². The van der Waals surface area contributed by atoms with E-state index in [4.69, 9.17) is 0 Å². The zero-order chi connectivity index (χ0) is 15.3. The van der Waals surface area contributed by atoms with E-state index in [1.165, 1.54) is 37.8 Å². The minimum absolute atomic E-state index is 0.299. The van der Waals surface area contributed by atoms with E-state index in [9.17, 15) is 0 Å². The van der Waals surface area contributed by atoms with Crippen molar-refractivity contribution in [3.63, 3.8) is 0 Å². The van der Waals surface area contributed by atoms with Crippen LogP contribution in [0.5, 0.6) is 0 Å². The van der Waals surface area contributed by atoms with Crippen molar-refractivity contribution in [3.05, 3.63) is 35.9 Å². The second-order valence-corrected chi connectivity index (χ2v) is 6.44. The van der Waals surface area contributed by atoms with E-state index < -0.39 is 0 Å². The average Bonchev–Trinajstić information content (AvgIpc) is 2.56. The lowest BCUT2D eigenvalue weighted by Crippen LogP contribution is -2.62. The molecule has 2 heteroatoms. The van der Waals surface area contributed by atoms with Gasteiger partial charge in [-0.1, -0.05) is 58.0 Å². The molecule has 0 bridgehead atoms. The van der Waals surface area contributed by atoms with Crippen LogP contribution in [0.2, 0.25) is 0 Å². The molecule has 0 spiro atoms. The molecule has 1 fully saturated rings.